The Hall–Kier alpha value is -3.22. The highest BCUT2D eigenvalue weighted by Crippen LogP contribution is 2.26. The molecule has 3 aromatic rings. The molecule has 0 aliphatic heterocycles. The quantitative estimate of drug-likeness (QED) is 0.754. The Labute approximate surface area is 139 Å². The highest BCUT2D eigenvalue weighted by atomic mass is 16.5. The third kappa shape index (κ3) is 4.16. The molecule has 0 atom stereocenters. The lowest BCUT2D eigenvalue weighted by Gasteiger charge is -2.11. The van der Waals surface area contributed by atoms with Crippen molar-refractivity contribution in [3.05, 3.63) is 60.9 Å². The van der Waals surface area contributed by atoms with Crippen LogP contribution in [0.2, 0.25) is 0 Å². The third-order valence-corrected chi connectivity index (χ3v) is 3.36. The maximum absolute atomic E-state index is 12.0. The minimum Gasteiger partial charge on any atom is -0.455 e. The van der Waals surface area contributed by atoms with Crippen LogP contribution in [0.5, 0.6) is 11.5 Å². The Kier molecular flexibility index (Phi) is 4.81. The zero-order valence-electron chi connectivity index (χ0n) is 13.2. The highest BCUT2D eigenvalue weighted by Gasteiger charge is 2.07. The number of hydrogen-bond acceptors (Lipinski definition) is 5. The molecule has 24 heavy (non-hydrogen) atoms. The van der Waals surface area contributed by atoms with Gasteiger partial charge in [-0.1, -0.05) is 0 Å². The maximum atomic E-state index is 12.0. The Bertz CT molecular complexity index is 803. The van der Waals surface area contributed by atoms with Crippen LogP contribution in [0.4, 0.5) is 5.69 Å². The monoisotopic (exact) mass is 323 g/mol. The van der Waals surface area contributed by atoms with E-state index in [4.69, 9.17) is 4.74 Å². The number of carbonyl (C=O) groups excluding carboxylic acids is 1. The number of rotatable bonds is 6. The van der Waals surface area contributed by atoms with Crippen LogP contribution >= 0.6 is 0 Å². The summed E-state index contributed by atoms with van der Waals surface area (Å²) in [5.41, 5.74) is 1.66. The molecule has 2 aromatic heterocycles. The maximum Gasteiger partial charge on any atom is 0.226 e. The summed E-state index contributed by atoms with van der Waals surface area (Å²) in [5.74, 6) is 1.32. The topological polar surface area (TPSA) is 81.9 Å². The van der Waals surface area contributed by atoms with Crippen molar-refractivity contribution < 1.29 is 9.53 Å². The number of ether oxygens (including phenoxy) is 1. The van der Waals surface area contributed by atoms with Gasteiger partial charge in [-0.05, 0) is 42.8 Å². The number of aromatic nitrogens is 4. The third-order valence-electron chi connectivity index (χ3n) is 3.36. The molecule has 0 aliphatic carbocycles. The van der Waals surface area contributed by atoms with Crippen LogP contribution in [-0.4, -0.2) is 25.7 Å². The van der Waals surface area contributed by atoms with E-state index in [9.17, 15) is 4.79 Å². The van der Waals surface area contributed by atoms with Gasteiger partial charge < -0.3 is 10.1 Å². The fourth-order valence-corrected chi connectivity index (χ4v) is 2.16. The summed E-state index contributed by atoms with van der Waals surface area (Å²) >= 11 is 0. The number of aryl methyl sites for hydroxylation is 2. The minimum atomic E-state index is -0.0779. The summed E-state index contributed by atoms with van der Waals surface area (Å²) in [6.07, 6.45) is 6.71. The fourth-order valence-electron chi connectivity index (χ4n) is 2.16. The second-order valence-corrected chi connectivity index (χ2v) is 5.23. The molecule has 122 valence electrons. The summed E-state index contributed by atoms with van der Waals surface area (Å²) in [4.78, 5) is 19.8. The number of benzene rings is 1. The van der Waals surface area contributed by atoms with Gasteiger partial charge in [0.15, 0.2) is 0 Å². The molecule has 2 heterocycles. The molecule has 0 spiro atoms. The van der Waals surface area contributed by atoms with Gasteiger partial charge in [-0.25, -0.2) is 4.98 Å². The first-order valence-electron chi connectivity index (χ1n) is 7.51. The van der Waals surface area contributed by atoms with Crippen molar-refractivity contribution in [3.63, 3.8) is 0 Å². The molecule has 0 bridgehead atoms. The second kappa shape index (κ2) is 7.36. The highest BCUT2D eigenvalue weighted by molar-refractivity contribution is 5.90. The van der Waals surface area contributed by atoms with Gasteiger partial charge in [0.1, 0.15) is 24.2 Å². The summed E-state index contributed by atoms with van der Waals surface area (Å²) in [7, 11) is 0. The fraction of sp³-hybridized carbons (Fsp3) is 0.176. The average molecular weight is 323 g/mol. The largest absolute Gasteiger partial charge is 0.455 e. The first kappa shape index (κ1) is 15.7. The van der Waals surface area contributed by atoms with Crippen molar-refractivity contribution in [1.29, 1.82) is 0 Å². The molecular formula is C17H17N5O2. The molecule has 0 saturated carbocycles. The van der Waals surface area contributed by atoms with Crippen LogP contribution in [0.1, 0.15) is 12.0 Å². The normalized spacial score (nSPS) is 10.4. The molecule has 0 aliphatic rings. The lowest BCUT2D eigenvalue weighted by Crippen LogP contribution is -2.14. The zero-order valence-corrected chi connectivity index (χ0v) is 13.2. The van der Waals surface area contributed by atoms with Gasteiger partial charge in [-0.2, -0.15) is 5.10 Å². The van der Waals surface area contributed by atoms with Crippen molar-refractivity contribution in [1.82, 2.24) is 19.7 Å². The van der Waals surface area contributed by atoms with E-state index in [0.29, 0.717) is 18.7 Å². The molecule has 1 amide bonds. The summed E-state index contributed by atoms with van der Waals surface area (Å²) in [6, 6.07) is 9.17. The van der Waals surface area contributed by atoms with Crippen LogP contribution < -0.4 is 10.1 Å². The van der Waals surface area contributed by atoms with Gasteiger partial charge >= 0.3 is 0 Å². The number of hydrogen-bond donors (Lipinski definition) is 1. The van der Waals surface area contributed by atoms with Crippen molar-refractivity contribution in [2.45, 2.75) is 19.9 Å². The molecule has 7 nitrogen and oxygen atoms in total. The number of carbonyl (C=O) groups is 1. The standard InChI is InChI=1S/C17H17N5O2/c1-13-9-14(21-17(23)6-8-22-12-19-11-20-22)4-5-16(13)24-15-3-2-7-18-10-15/h2-5,7,9-12H,6,8H2,1H3,(H,21,23). The van der Waals surface area contributed by atoms with Crippen LogP contribution in [0.25, 0.3) is 0 Å². The molecule has 0 saturated heterocycles. The van der Waals surface area contributed by atoms with Gasteiger partial charge in [-0.15, -0.1) is 0 Å². The molecule has 0 unspecified atom stereocenters. The lowest BCUT2D eigenvalue weighted by atomic mass is 10.2. The van der Waals surface area contributed by atoms with Crippen molar-refractivity contribution >= 4 is 11.6 Å². The average Bonchev–Trinajstić information content (AvgIpc) is 3.10. The van der Waals surface area contributed by atoms with Crippen LogP contribution in [-0.2, 0) is 11.3 Å². The van der Waals surface area contributed by atoms with Crippen LogP contribution in [0.15, 0.2) is 55.4 Å². The van der Waals surface area contributed by atoms with Gasteiger partial charge in [0, 0.05) is 18.3 Å². The first-order chi connectivity index (χ1) is 11.7. The summed E-state index contributed by atoms with van der Waals surface area (Å²) in [5, 5.41) is 6.83. The number of amides is 1. The van der Waals surface area contributed by atoms with Gasteiger partial charge in [-0.3, -0.25) is 14.5 Å². The molecular weight excluding hydrogens is 306 g/mol. The van der Waals surface area contributed by atoms with E-state index in [1.54, 1.807) is 23.4 Å². The predicted octanol–water partition coefficient (Wildman–Crippen LogP) is 2.80. The summed E-state index contributed by atoms with van der Waals surface area (Å²) < 4.78 is 7.39. The molecule has 7 heteroatoms. The number of nitrogens with zero attached hydrogens (tertiary/aromatic N) is 4. The van der Waals surface area contributed by atoms with Crippen molar-refractivity contribution in [3.8, 4) is 11.5 Å². The van der Waals surface area contributed by atoms with Crippen molar-refractivity contribution in [2.24, 2.45) is 0 Å². The SMILES string of the molecule is Cc1cc(NC(=O)CCn2cncn2)ccc1Oc1cccnc1. The van der Waals surface area contributed by atoms with E-state index in [1.807, 2.05) is 37.3 Å². The van der Waals surface area contributed by atoms with E-state index < -0.39 is 0 Å². The van der Waals surface area contributed by atoms with Gasteiger partial charge in [0.05, 0.1) is 12.7 Å². The Morgan fingerprint density at radius 1 is 1.29 bits per heavy atom. The Morgan fingerprint density at radius 3 is 2.92 bits per heavy atom. The minimum absolute atomic E-state index is 0.0779. The van der Waals surface area contributed by atoms with Gasteiger partial charge in [0.2, 0.25) is 5.91 Å². The Morgan fingerprint density at radius 2 is 2.21 bits per heavy atom. The first-order valence-corrected chi connectivity index (χ1v) is 7.51. The molecule has 0 radical (unpaired) electrons. The van der Waals surface area contributed by atoms with E-state index in [0.717, 1.165) is 17.0 Å². The van der Waals surface area contributed by atoms with E-state index in [-0.39, 0.29) is 5.91 Å². The number of nitrogens with one attached hydrogen (secondary N) is 1. The predicted molar refractivity (Wildman–Crippen MR) is 88.8 cm³/mol. The molecule has 0 fully saturated rings. The van der Waals surface area contributed by atoms with Crippen LogP contribution in [0, 0.1) is 6.92 Å². The second-order valence-electron chi connectivity index (χ2n) is 5.23. The van der Waals surface area contributed by atoms with E-state index in [1.165, 1.54) is 6.33 Å². The molecule has 3 rings (SSSR count). The van der Waals surface area contributed by atoms with Gasteiger partial charge in [0.25, 0.3) is 0 Å². The number of pyridine rings is 1. The van der Waals surface area contributed by atoms with E-state index >= 15 is 0 Å². The Balaban J connectivity index is 1.58. The van der Waals surface area contributed by atoms with Crippen molar-refractivity contribution in [2.75, 3.05) is 5.32 Å². The van der Waals surface area contributed by atoms with E-state index in [2.05, 4.69) is 20.4 Å². The zero-order chi connectivity index (χ0) is 16.8. The molecule has 1 aromatic carbocycles. The van der Waals surface area contributed by atoms with Crippen LogP contribution in [0.3, 0.4) is 0 Å². The molecule has 1 N–H and O–H groups in total. The number of anilines is 1. The smallest absolute Gasteiger partial charge is 0.226 e. The lowest BCUT2D eigenvalue weighted by molar-refractivity contribution is -0.116. The summed E-state index contributed by atoms with van der Waals surface area (Å²) in [6.45, 7) is 2.42.